The fourth-order valence-electron chi connectivity index (χ4n) is 2.45. The van der Waals surface area contributed by atoms with Gasteiger partial charge in [-0.1, -0.05) is 35.9 Å². The summed E-state index contributed by atoms with van der Waals surface area (Å²) < 4.78 is 10.8. The molecule has 0 heterocycles. The first-order chi connectivity index (χ1) is 13.6. The summed E-state index contributed by atoms with van der Waals surface area (Å²) in [4.78, 5) is 12.0. The van der Waals surface area contributed by atoms with E-state index in [2.05, 4.69) is 5.32 Å². The van der Waals surface area contributed by atoms with Gasteiger partial charge in [-0.3, -0.25) is 4.79 Å². The summed E-state index contributed by atoms with van der Waals surface area (Å²) in [6.45, 7) is 0.469. The maximum absolute atomic E-state index is 12.0. The fraction of sp³-hybridized carbons (Fsp3) is 0.0870. The highest BCUT2D eigenvalue weighted by Crippen LogP contribution is 2.17. The maximum Gasteiger partial charge on any atom is 0.248 e. The third kappa shape index (κ3) is 5.89. The number of nitrogens with one attached hydrogen (secondary N) is 1. The second-order valence-electron chi connectivity index (χ2n) is 6.04. The highest BCUT2D eigenvalue weighted by Gasteiger charge is 2.00. The molecule has 3 aromatic carbocycles. The summed E-state index contributed by atoms with van der Waals surface area (Å²) in [5.74, 6) is 1.30. The third-order valence-corrected chi connectivity index (χ3v) is 4.24. The van der Waals surface area contributed by atoms with Gasteiger partial charge in [0.25, 0.3) is 0 Å². The van der Waals surface area contributed by atoms with Crippen LogP contribution < -0.4 is 14.8 Å². The number of carbonyl (C=O) groups is 1. The molecule has 3 aromatic rings. The van der Waals surface area contributed by atoms with Crippen LogP contribution in [0.3, 0.4) is 0 Å². The quantitative estimate of drug-likeness (QED) is 0.533. The fourth-order valence-corrected chi connectivity index (χ4v) is 2.58. The highest BCUT2D eigenvalue weighted by molar-refractivity contribution is 6.30. The van der Waals surface area contributed by atoms with E-state index in [0.29, 0.717) is 17.3 Å². The summed E-state index contributed by atoms with van der Waals surface area (Å²) >= 11 is 5.87. The Kier molecular flexibility index (Phi) is 6.71. The molecule has 0 atom stereocenters. The van der Waals surface area contributed by atoms with Crippen LogP contribution in [0, 0.1) is 0 Å². The predicted molar refractivity (Wildman–Crippen MR) is 113 cm³/mol. The minimum absolute atomic E-state index is 0.201. The molecule has 0 saturated heterocycles. The van der Waals surface area contributed by atoms with Crippen molar-refractivity contribution in [3.8, 4) is 11.5 Å². The summed E-state index contributed by atoms with van der Waals surface area (Å²) in [6, 6.07) is 22.2. The SMILES string of the molecule is COc1ccc(NC(=O)/C=C/c2ccc(OCc3ccc(Cl)cc3)cc2)cc1. The zero-order valence-electron chi connectivity index (χ0n) is 15.4. The van der Waals surface area contributed by atoms with Crippen LogP contribution in [0.15, 0.2) is 78.9 Å². The van der Waals surface area contributed by atoms with E-state index in [1.54, 1.807) is 37.5 Å². The lowest BCUT2D eigenvalue weighted by atomic mass is 10.2. The van der Waals surface area contributed by atoms with Crippen molar-refractivity contribution in [2.24, 2.45) is 0 Å². The number of hydrogen-bond donors (Lipinski definition) is 1. The number of ether oxygens (including phenoxy) is 2. The van der Waals surface area contributed by atoms with E-state index >= 15 is 0 Å². The molecule has 0 saturated carbocycles. The van der Waals surface area contributed by atoms with Gasteiger partial charge in [0.2, 0.25) is 5.91 Å². The number of hydrogen-bond acceptors (Lipinski definition) is 3. The van der Waals surface area contributed by atoms with Crippen molar-refractivity contribution in [1.82, 2.24) is 0 Å². The minimum Gasteiger partial charge on any atom is -0.497 e. The molecule has 1 N–H and O–H groups in total. The number of halogens is 1. The molecular weight excluding hydrogens is 374 g/mol. The molecule has 28 heavy (non-hydrogen) atoms. The largest absolute Gasteiger partial charge is 0.497 e. The van der Waals surface area contributed by atoms with Gasteiger partial charge in [-0.2, -0.15) is 0 Å². The van der Waals surface area contributed by atoms with Crippen molar-refractivity contribution in [3.63, 3.8) is 0 Å². The second-order valence-corrected chi connectivity index (χ2v) is 6.47. The number of carbonyl (C=O) groups excluding carboxylic acids is 1. The van der Waals surface area contributed by atoms with Crippen molar-refractivity contribution in [3.05, 3.63) is 95.0 Å². The van der Waals surface area contributed by atoms with E-state index in [4.69, 9.17) is 21.1 Å². The molecule has 0 fully saturated rings. The van der Waals surface area contributed by atoms with Gasteiger partial charge in [0, 0.05) is 16.8 Å². The molecule has 0 spiro atoms. The van der Waals surface area contributed by atoms with Crippen LogP contribution in [-0.2, 0) is 11.4 Å². The van der Waals surface area contributed by atoms with Gasteiger partial charge >= 0.3 is 0 Å². The first-order valence-corrected chi connectivity index (χ1v) is 9.10. The molecule has 5 heteroatoms. The maximum atomic E-state index is 12.0. The smallest absolute Gasteiger partial charge is 0.248 e. The lowest BCUT2D eigenvalue weighted by Crippen LogP contribution is -2.07. The first-order valence-electron chi connectivity index (χ1n) is 8.73. The van der Waals surface area contributed by atoms with Gasteiger partial charge in [0.1, 0.15) is 18.1 Å². The molecule has 0 aliphatic heterocycles. The van der Waals surface area contributed by atoms with Crippen LogP contribution >= 0.6 is 11.6 Å². The average Bonchev–Trinajstić information content (AvgIpc) is 2.73. The number of anilines is 1. The lowest BCUT2D eigenvalue weighted by molar-refractivity contribution is -0.111. The predicted octanol–water partition coefficient (Wildman–Crippen LogP) is 5.58. The number of benzene rings is 3. The van der Waals surface area contributed by atoms with Crippen LogP contribution in [0.2, 0.25) is 5.02 Å². The van der Waals surface area contributed by atoms with E-state index in [1.165, 1.54) is 6.08 Å². The topological polar surface area (TPSA) is 47.6 Å². The van der Waals surface area contributed by atoms with Gasteiger partial charge in [-0.25, -0.2) is 0 Å². The van der Waals surface area contributed by atoms with Crippen LogP contribution in [-0.4, -0.2) is 13.0 Å². The molecule has 1 amide bonds. The highest BCUT2D eigenvalue weighted by atomic mass is 35.5. The summed E-state index contributed by atoms with van der Waals surface area (Å²) in [7, 11) is 1.60. The molecule has 0 aromatic heterocycles. The van der Waals surface area contributed by atoms with E-state index < -0.39 is 0 Å². The summed E-state index contributed by atoms with van der Waals surface area (Å²) in [5, 5.41) is 3.51. The van der Waals surface area contributed by atoms with Crippen LogP contribution in [0.1, 0.15) is 11.1 Å². The Labute approximate surface area is 169 Å². The first kappa shape index (κ1) is 19.5. The van der Waals surface area contributed by atoms with Gasteiger partial charge in [-0.15, -0.1) is 0 Å². The molecule has 0 aliphatic rings. The molecule has 142 valence electrons. The van der Waals surface area contributed by atoms with Crippen molar-refractivity contribution < 1.29 is 14.3 Å². The molecule has 0 bridgehead atoms. The molecule has 0 aliphatic carbocycles. The zero-order valence-corrected chi connectivity index (χ0v) is 16.1. The molecular formula is C23H20ClNO3. The summed E-state index contributed by atoms with van der Waals surface area (Å²) in [5.41, 5.74) is 2.66. The zero-order chi connectivity index (χ0) is 19.8. The van der Waals surface area contributed by atoms with Crippen LogP contribution in [0.4, 0.5) is 5.69 Å². The Morgan fingerprint density at radius 2 is 1.57 bits per heavy atom. The second kappa shape index (κ2) is 9.62. The van der Waals surface area contributed by atoms with Crippen molar-refractivity contribution >= 4 is 29.3 Å². The molecule has 3 rings (SSSR count). The average molecular weight is 394 g/mol. The number of rotatable bonds is 7. The molecule has 4 nitrogen and oxygen atoms in total. The minimum atomic E-state index is -0.201. The lowest BCUT2D eigenvalue weighted by Gasteiger charge is -2.07. The van der Waals surface area contributed by atoms with Gasteiger partial charge in [-0.05, 0) is 65.7 Å². The van der Waals surface area contributed by atoms with Gasteiger partial charge in [0.15, 0.2) is 0 Å². The van der Waals surface area contributed by atoms with Crippen LogP contribution in [0.5, 0.6) is 11.5 Å². The van der Waals surface area contributed by atoms with Crippen molar-refractivity contribution in [2.45, 2.75) is 6.61 Å². The van der Waals surface area contributed by atoms with Gasteiger partial charge in [0.05, 0.1) is 7.11 Å². The monoisotopic (exact) mass is 393 g/mol. The van der Waals surface area contributed by atoms with E-state index in [1.807, 2.05) is 48.5 Å². The van der Waals surface area contributed by atoms with Gasteiger partial charge < -0.3 is 14.8 Å². The van der Waals surface area contributed by atoms with Crippen molar-refractivity contribution in [2.75, 3.05) is 12.4 Å². The number of methoxy groups -OCH3 is 1. The standard InChI is InChI=1S/C23H20ClNO3/c1-27-21-13-9-20(10-14-21)25-23(26)15-6-17-4-11-22(12-5-17)28-16-18-2-7-19(24)8-3-18/h2-15H,16H2,1H3,(H,25,26)/b15-6+. The normalized spacial score (nSPS) is 10.6. The Morgan fingerprint density at radius 1 is 0.929 bits per heavy atom. The van der Waals surface area contributed by atoms with E-state index in [9.17, 15) is 4.79 Å². The van der Waals surface area contributed by atoms with Crippen LogP contribution in [0.25, 0.3) is 6.08 Å². The Bertz CT molecular complexity index is 933. The molecule has 0 radical (unpaired) electrons. The van der Waals surface area contributed by atoms with Crippen molar-refractivity contribution in [1.29, 1.82) is 0 Å². The number of amides is 1. The molecule has 0 unspecified atom stereocenters. The van der Waals surface area contributed by atoms with E-state index in [-0.39, 0.29) is 5.91 Å². The Morgan fingerprint density at radius 3 is 2.21 bits per heavy atom. The Hall–Kier alpha value is -3.24. The van der Waals surface area contributed by atoms with E-state index in [0.717, 1.165) is 22.6 Å². The Balaban J connectivity index is 1.51. The third-order valence-electron chi connectivity index (χ3n) is 3.98. The summed E-state index contributed by atoms with van der Waals surface area (Å²) in [6.07, 6.45) is 3.25.